The van der Waals surface area contributed by atoms with Crippen molar-refractivity contribution < 1.29 is 0 Å². The third-order valence-electron chi connectivity index (χ3n) is 4.63. The first-order valence-electron chi connectivity index (χ1n) is 7.55. The Morgan fingerprint density at radius 1 is 1.35 bits per heavy atom. The number of benzene rings is 1. The largest absolute Gasteiger partial charge is 0.382 e. The lowest BCUT2D eigenvalue weighted by molar-refractivity contribution is 0.212. The topological polar surface area (TPSA) is 57.9 Å². The number of nitrogen functional groups attached to an aromatic ring is 1. The van der Waals surface area contributed by atoms with Crippen LogP contribution < -0.4 is 5.73 Å². The van der Waals surface area contributed by atoms with Crippen LogP contribution in [0, 0.1) is 12.8 Å². The normalized spacial score (nSPS) is 17.9. The first-order valence-corrected chi connectivity index (χ1v) is 7.55. The van der Waals surface area contributed by atoms with Crippen molar-refractivity contribution in [2.75, 3.05) is 25.9 Å². The summed E-state index contributed by atoms with van der Waals surface area (Å²) in [4.78, 5) is 2.43. The lowest BCUT2D eigenvalue weighted by atomic mass is 9.90. The molecule has 0 saturated carbocycles. The molecule has 0 atom stereocenters. The molecule has 0 radical (unpaired) electrons. The predicted octanol–water partition coefficient (Wildman–Crippen LogP) is 2.73. The zero-order valence-corrected chi connectivity index (χ0v) is 12.4. The van der Waals surface area contributed by atoms with Gasteiger partial charge in [-0.05, 0) is 75.9 Å². The molecule has 1 aliphatic heterocycles. The van der Waals surface area contributed by atoms with Crippen LogP contribution in [0.3, 0.4) is 0 Å². The number of aromatic nitrogens is 2. The van der Waals surface area contributed by atoms with E-state index in [1.54, 1.807) is 0 Å². The van der Waals surface area contributed by atoms with Gasteiger partial charge in [-0.3, -0.25) is 5.10 Å². The van der Waals surface area contributed by atoms with Crippen LogP contribution in [-0.4, -0.2) is 35.2 Å². The molecule has 0 amide bonds. The van der Waals surface area contributed by atoms with Crippen molar-refractivity contribution in [2.24, 2.45) is 5.92 Å². The summed E-state index contributed by atoms with van der Waals surface area (Å²) in [6.07, 6.45) is 5.13. The number of piperidine rings is 1. The molecule has 1 fully saturated rings. The predicted molar refractivity (Wildman–Crippen MR) is 83.8 cm³/mol. The summed E-state index contributed by atoms with van der Waals surface area (Å²) in [6, 6.07) is 4.48. The molecule has 2 aromatic rings. The van der Waals surface area contributed by atoms with E-state index in [4.69, 9.17) is 5.73 Å². The molecule has 3 rings (SSSR count). The minimum Gasteiger partial charge on any atom is -0.382 e. The standard InChI is InChI=1S/C16H24N4/c1-11-9-13(10-14-15(11)16(17)19-18-14)4-3-12-5-7-20(2)8-6-12/h9-10,12H,3-8H2,1-2H3,(H3,17,18,19). The lowest BCUT2D eigenvalue weighted by Crippen LogP contribution is -2.30. The maximum absolute atomic E-state index is 5.88. The zero-order valence-electron chi connectivity index (χ0n) is 12.4. The summed E-state index contributed by atoms with van der Waals surface area (Å²) in [5, 5.41) is 8.21. The molecule has 4 nitrogen and oxygen atoms in total. The number of fused-ring (bicyclic) bond motifs is 1. The Kier molecular flexibility index (Phi) is 3.66. The minimum atomic E-state index is 0.611. The first kappa shape index (κ1) is 13.4. The van der Waals surface area contributed by atoms with Crippen molar-refractivity contribution >= 4 is 16.7 Å². The fourth-order valence-electron chi connectivity index (χ4n) is 3.33. The van der Waals surface area contributed by atoms with Crippen molar-refractivity contribution in [3.05, 3.63) is 23.3 Å². The van der Waals surface area contributed by atoms with Crippen LogP contribution in [0.25, 0.3) is 10.9 Å². The van der Waals surface area contributed by atoms with Gasteiger partial charge in [-0.25, -0.2) is 0 Å². The summed E-state index contributed by atoms with van der Waals surface area (Å²) in [6.45, 7) is 4.62. The van der Waals surface area contributed by atoms with Gasteiger partial charge in [-0.1, -0.05) is 6.07 Å². The third kappa shape index (κ3) is 2.66. The van der Waals surface area contributed by atoms with Gasteiger partial charge in [0.15, 0.2) is 5.82 Å². The summed E-state index contributed by atoms with van der Waals surface area (Å²) in [7, 11) is 2.22. The molecule has 1 aromatic heterocycles. The fraction of sp³-hybridized carbons (Fsp3) is 0.562. The first-order chi connectivity index (χ1) is 9.63. The van der Waals surface area contributed by atoms with Gasteiger partial charge < -0.3 is 10.6 Å². The van der Waals surface area contributed by atoms with Gasteiger partial charge >= 0.3 is 0 Å². The van der Waals surface area contributed by atoms with Crippen LogP contribution in [-0.2, 0) is 6.42 Å². The monoisotopic (exact) mass is 272 g/mol. The third-order valence-corrected chi connectivity index (χ3v) is 4.63. The Hall–Kier alpha value is -1.55. The summed E-state index contributed by atoms with van der Waals surface area (Å²) in [5.74, 6) is 1.49. The molecule has 0 spiro atoms. The number of anilines is 1. The highest BCUT2D eigenvalue weighted by Gasteiger charge is 2.16. The molecular weight excluding hydrogens is 248 g/mol. The van der Waals surface area contributed by atoms with E-state index in [1.807, 2.05) is 0 Å². The van der Waals surface area contributed by atoms with Gasteiger partial charge in [0.1, 0.15) is 0 Å². The summed E-state index contributed by atoms with van der Waals surface area (Å²) in [5.41, 5.74) is 9.58. The number of nitrogens with one attached hydrogen (secondary N) is 1. The average Bonchev–Trinajstić information content (AvgIpc) is 2.80. The smallest absolute Gasteiger partial charge is 0.153 e. The number of nitrogens with zero attached hydrogens (tertiary/aromatic N) is 2. The molecule has 1 saturated heterocycles. The Morgan fingerprint density at radius 2 is 2.10 bits per heavy atom. The maximum Gasteiger partial charge on any atom is 0.153 e. The number of likely N-dealkylation sites (tertiary alicyclic amines) is 1. The highest BCUT2D eigenvalue weighted by Crippen LogP contribution is 2.26. The van der Waals surface area contributed by atoms with E-state index in [0.717, 1.165) is 23.2 Å². The molecule has 1 aromatic carbocycles. The van der Waals surface area contributed by atoms with E-state index in [0.29, 0.717) is 5.82 Å². The molecule has 20 heavy (non-hydrogen) atoms. The molecular formula is C16H24N4. The number of H-pyrrole nitrogens is 1. The van der Waals surface area contributed by atoms with Gasteiger partial charge in [0, 0.05) is 5.39 Å². The Bertz CT molecular complexity index is 594. The van der Waals surface area contributed by atoms with E-state index >= 15 is 0 Å². The van der Waals surface area contributed by atoms with Crippen molar-refractivity contribution in [1.29, 1.82) is 0 Å². The highest BCUT2D eigenvalue weighted by molar-refractivity contribution is 5.92. The SMILES string of the molecule is Cc1cc(CCC2CCN(C)CC2)cc2[nH]nc(N)c12. The summed E-state index contributed by atoms with van der Waals surface area (Å²) < 4.78 is 0. The van der Waals surface area contributed by atoms with Crippen molar-refractivity contribution in [2.45, 2.75) is 32.6 Å². The Morgan fingerprint density at radius 3 is 2.85 bits per heavy atom. The number of aromatic amines is 1. The van der Waals surface area contributed by atoms with Crippen molar-refractivity contribution in [1.82, 2.24) is 15.1 Å². The van der Waals surface area contributed by atoms with E-state index in [-0.39, 0.29) is 0 Å². The quantitative estimate of drug-likeness (QED) is 0.903. The number of aryl methyl sites for hydroxylation is 2. The molecule has 2 heterocycles. The molecule has 0 unspecified atom stereocenters. The molecule has 108 valence electrons. The van der Waals surface area contributed by atoms with Crippen LogP contribution in [0.2, 0.25) is 0 Å². The van der Waals surface area contributed by atoms with Crippen LogP contribution in [0.5, 0.6) is 0 Å². The maximum atomic E-state index is 5.88. The number of rotatable bonds is 3. The van der Waals surface area contributed by atoms with E-state index in [1.165, 1.54) is 43.5 Å². The van der Waals surface area contributed by atoms with E-state index in [9.17, 15) is 0 Å². The number of nitrogens with two attached hydrogens (primary N) is 1. The molecule has 1 aliphatic rings. The van der Waals surface area contributed by atoms with Crippen LogP contribution in [0.4, 0.5) is 5.82 Å². The number of hydrogen-bond donors (Lipinski definition) is 2. The number of hydrogen-bond acceptors (Lipinski definition) is 3. The second kappa shape index (κ2) is 5.44. The van der Waals surface area contributed by atoms with Crippen LogP contribution in [0.15, 0.2) is 12.1 Å². The van der Waals surface area contributed by atoms with Crippen molar-refractivity contribution in [3.63, 3.8) is 0 Å². The van der Waals surface area contributed by atoms with Gasteiger partial charge in [0.05, 0.1) is 5.52 Å². The van der Waals surface area contributed by atoms with E-state index < -0.39 is 0 Å². The summed E-state index contributed by atoms with van der Waals surface area (Å²) >= 11 is 0. The molecule has 3 N–H and O–H groups in total. The second-order valence-electron chi connectivity index (χ2n) is 6.23. The molecule has 0 aliphatic carbocycles. The van der Waals surface area contributed by atoms with Crippen LogP contribution in [0.1, 0.15) is 30.4 Å². The average molecular weight is 272 g/mol. The Balaban J connectivity index is 1.68. The minimum absolute atomic E-state index is 0.611. The van der Waals surface area contributed by atoms with E-state index in [2.05, 4.69) is 41.2 Å². The van der Waals surface area contributed by atoms with Gasteiger partial charge in [-0.2, -0.15) is 5.10 Å². The zero-order chi connectivity index (χ0) is 14.1. The van der Waals surface area contributed by atoms with Gasteiger partial charge in [0.25, 0.3) is 0 Å². The van der Waals surface area contributed by atoms with Gasteiger partial charge in [0.2, 0.25) is 0 Å². The second-order valence-corrected chi connectivity index (χ2v) is 6.23. The molecule has 0 bridgehead atoms. The Labute approximate surface area is 120 Å². The van der Waals surface area contributed by atoms with Crippen LogP contribution >= 0.6 is 0 Å². The highest BCUT2D eigenvalue weighted by atomic mass is 15.1. The lowest BCUT2D eigenvalue weighted by Gasteiger charge is -2.28. The molecule has 4 heteroatoms. The van der Waals surface area contributed by atoms with Gasteiger partial charge in [-0.15, -0.1) is 0 Å². The fourth-order valence-corrected chi connectivity index (χ4v) is 3.33. The van der Waals surface area contributed by atoms with Crippen molar-refractivity contribution in [3.8, 4) is 0 Å².